The molecule has 0 aliphatic carbocycles. The Morgan fingerprint density at radius 3 is 3.11 bits per heavy atom. The van der Waals surface area contributed by atoms with Gasteiger partial charge in [0.05, 0.1) is 11.7 Å². The Morgan fingerprint density at radius 2 is 2.28 bits per heavy atom. The van der Waals surface area contributed by atoms with E-state index in [0.29, 0.717) is 12.1 Å². The number of benzene rings is 1. The molecule has 0 bridgehead atoms. The summed E-state index contributed by atoms with van der Waals surface area (Å²) in [6, 6.07) is 5.27. The topological polar surface area (TPSA) is 57.9 Å². The largest absolute Gasteiger partial charge is 0.328 e. The fourth-order valence-electron chi connectivity index (χ4n) is 2.96. The van der Waals surface area contributed by atoms with Crippen LogP contribution in [0, 0.1) is 6.92 Å². The molecule has 3 rings (SSSR count). The Bertz CT molecular complexity index is 560. The smallest absolute Gasteiger partial charge is 0.0679 e. The molecule has 96 valence electrons. The normalized spacial score (nSPS) is 25.7. The molecule has 2 heterocycles. The summed E-state index contributed by atoms with van der Waals surface area (Å²) < 4.78 is 0. The molecule has 4 nitrogen and oxygen atoms in total. The van der Waals surface area contributed by atoms with E-state index in [1.165, 1.54) is 16.5 Å². The molecule has 0 saturated carbocycles. The first kappa shape index (κ1) is 11.7. The Hall–Kier alpha value is -1.39. The van der Waals surface area contributed by atoms with E-state index >= 15 is 0 Å². The highest BCUT2D eigenvalue weighted by molar-refractivity contribution is 5.82. The lowest BCUT2D eigenvalue weighted by molar-refractivity contribution is 0.171. The minimum atomic E-state index is 0.326. The van der Waals surface area contributed by atoms with Gasteiger partial charge >= 0.3 is 0 Å². The van der Waals surface area contributed by atoms with Gasteiger partial charge in [0.25, 0.3) is 0 Å². The van der Waals surface area contributed by atoms with Gasteiger partial charge in [-0.2, -0.15) is 5.10 Å². The number of fused-ring (bicyclic) bond motifs is 1. The van der Waals surface area contributed by atoms with Gasteiger partial charge in [0.15, 0.2) is 0 Å². The van der Waals surface area contributed by atoms with Gasteiger partial charge in [0.2, 0.25) is 0 Å². The summed E-state index contributed by atoms with van der Waals surface area (Å²) in [5, 5.41) is 8.36. The minimum absolute atomic E-state index is 0.326. The van der Waals surface area contributed by atoms with Gasteiger partial charge in [0.1, 0.15) is 0 Å². The zero-order valence-corrected chi connectivity index (χ0v) is 11.0. The van der Waals surface area contributed by atoms with Crippen molar-refractivity contribution in [1.29, 1.82) is 0 Å². The molecule has 1 saturated heterocycles. The second-order valence-electron chi connectivity index (χ2n) is 5.45. The molecule has 2 atom stereocenters. The van der Waals surface area contributed by atoms with Gasteiger partial charge in [-0.05, 0) is 50.6 Å². The van der Waals surface area contributed by atoms with Crippen molar-refractivity contribution in [2.75, 3.05) is 13.6 Å². The zero-order chi connectivity index (χ0) is 12.7. The molecule has 1 aromatic heterocycles. The van der Waals surface area contributed by atoms with Crippen LogP contribution < -0.4 is 5.73 Å². The summed E-state index contributed by atoms with van der Waals surface area (Å²) in [7, 11) is 2.19. The number of H-pyrrole nitrogens is 1. The number of rotatable bonds is 1. The number of hydrogen-bond donors (Lipinski definition) is 2. The van der Waals surface area contributed by atoms with Gasteiger partial charge in [-0.1, -0.05) is 6.07 Å². The van der Waals surface area contributed by atoms with Crippen LogP contribution in [0.2, 0.25) is 0 Å². The average molecular weight is 244 g/mol. The van der Waals surface area contributed by atoms with Gasteiger partial charge in [0, 0.05) is 17.5 Å². The van der Waals surface area contributed by atoms with E-state index in [-0.39, 0.29) is 0 Å². The van der Waals surface area contributed by atoms with Crippen molar-refractivity contribution in [2.45, 2.75) is 31.8 Å². The highest BCUT2D eigenvalue weighted by atomic mass is 15.1. The summed E-state index contributed by atoms with van der Waals surface area (Å²) in [5.74, 6) is 0. The maximum atomic E-state index is 6.11. The molecule has 1 fully saturated rings. The van der Waals surface area contributed by atoms with E-state index in [1.54, 1.807) is 0 Å². The first-order valence-corrected chi connectivity index (χ1v) is 6.54. The first-order valence-electron chi connectivity index (χ1n) is 6.54. The van der Waals surface area contributed by atoms with Crippen molar-refractivity contribution < 1.29 is 0 Å². The fraction of sp³-hybridized carbons (Fsp3) is 0.500. The number of aryl methyl sites for hydroxylation is 1. The zero-order valence-electron chi connectivity index (χ0n) is 11.0. The van der Waals surface area contributed by atoms with Crippen LogP contribution in [0.5, 0.6) is 0 Å². The third-order valence-electron chi connectivity index (χ3n) is 4.06. The Morgan fingerprint density at radius 1 is 1.44 bits per heavy atom. The van der Waals surface area contributed by atoms with Crippen molar-refractivity contribution in [3.63, 3.8) is 0 Å². The van der Waals surface area contributed by atoms with Crippen LogP contribution in [-0.2, 0) is 0 Å². The van der Waals surface area contributed by atoms with Crippen molar-refractivity contribution >= 4 is 10.9 Å². The van der Waals surface area contributed by atoms with Crippen LogP contribution in [0.25, 0.3) is 10.9 Å². The molecule has 0 spiro atoms. The molecule has 18 heavy (non-hydrogen) atoms. The monoisotopic (exact) mass is 244 g/mol. The van der Waals surface area contributed by atoms with Crippen LogP contribution in [-0.4, -0.2) is 34.7 Å². The average Bonchev–Trinajstić information content (AvgIpc) is 2.81. The molecule has 1 aliphatic heterocycles. The lowest BCUT2D eigenvalue weighted by Gasteiger charge is -2.36. The summed E-state index contributed by atoms with van der Waals surface area (Å²) in [5.41, 5.74) is 9.87. The summed E-state index contributed by atoms with van der Waals surface area (Å²) in [4.78, 5) is 2.41. The molecule has 1 aliphatic rings. The van der Waals surface area contributed by atoms with Crippen LogP contribution >= 0.6 is 0 Å². The number of nitrogens with one attached hydrogen (secondary N) is 1. The van der Waals surface area contributed by atoms with Crippen molar-refractivity contribution in [3.8, 4) is 0 Å². The molecule has 2 unspecified atom stereocenters. The Kier molecular flexibility index (Phi) is 2.84. The lowest BCUT2D eigenvalue weighted by Crippen LogP contribution is -2.39. The number of aromatic amines is 1. The van der Waals surface area contributed by atoms with Crippen molar-refractivity contribution in [3.05, 3.63) is 29.5 Å². The van der Waals surface area contributed by atoms with Crippen LogP contribution in [0.15, 0.2) is 18.3 Å². The highest BCUT2D eigenvalue weighted by Crippen LogP contribution is 2.31. The Labute approximate surface area is 107 Å². The van der Waals surface area contributed by atoms with E-state index in [1.807, 2.05) is 6.20 Å². The summed E-state index contributed by atoms with van der Waals surface area (Å²) in [6.07, 6.45) is 4.04. The molecule has 3 N–H and O–H groups in total. The van der Waals surface area contributed by atoms with E-state index in [0.717, 1.165) is 24.9 Å². The molecular weight excluding hydrogens is 224 g/mol. The maximum absolute atomic E-state index is 6.11. The number of aromatic nitrogens is 2. The van der Waals surface area contributed by atoms with Crippen molar-refractivity contribution in [1.82, 2.24) is 15.1 Å². The standard InChI is InChI=1S/C14H20N4/c1-9-5-10(6-11-8-16-17-14(9)11)13-7-12(15)3-4-18(13)2/h5-6,8,12-13H,3-4,7,15H2,1-2H3,(H,16,17). The lowest BCUT2D eigenvalue weighted by atomic mass is 9.91. The quantitative estimate of drug-likeness (QED) is 0.806. The molecule has 1 aromatic carbocycles. The third kappa shape index (κ3) is 1.91. The maximum Gasteiger partial charge on any atom is 0.0679 e. The van der Waals surface area contributed by atoms with E-state index in [2.05, 4.69) is 41.2 Å². The summed E-state index contributed by atoms with van der Waals surface area (Å²) >= 11 is 0. The second kappa shape index (κ2) is 4.37. The van der Waals surface area contributed by atoms with E-state index < -0.39 is 0 Å². The van der Waals surface area contributed by atoms with Gasteiger partial charge < -0.3 is 5.73 Å². The van der Waals surface area contributed by atoms with E-state index in [9.17, 15) is 0 Å². The number of piperidine rings is 1. The molecule has 4 heteroatoms. The fourth-order valence-corrected chi connectivity index (χ4v) is 2.96. The van der Waals surface area contributed by atoms with Gasteiger partial charge in [-0.3, -0.25) is 10.00 Å². The molecular formula is C14H20N4. The number of likely N-dealkylation sites (tertiary alicyclic amines) is 1. The minimum Gasteiger partial charge on any atom is -0.328 e. The Balaban J connectivity index is 2.02. The summed E-state index contributed by atoms with van der Waals surface area (Å²) in [6.45, 7) is 3.21. The SMILES string of the molecule is Cc1cc(C2CC(N)CCN2C)cc2cn[nH]c12. The molecule has 2 aromatic rings. The highest BCUT2D eigenvalue weighted by Gasteiger charge is 2.25. The number of hydrogen-bond acceptors (Lipinski definition) is 3. The second-order valence-corrected chi connectivity index (χ2v) is 5.45. The number of nitrogens with zero attached hydrogens (tertiary/aromatic N) is 2. The van der Waals surface area contributed by atoms with Crippen LogP contribution in [0.1, 0.15) is 30.0 Å². The predicted molar refractivity (Wildman–Crippen MR) is 73.4 cm³/mol. The van der Waals surface area contributed by atoms with Gasteiger partial charge in [-0.15, -0.1) is 0 Å². The van der Waals surface area contributed by atoms with E-state index in [4.69, 9.17) is 5.73 Å². The predicted octanol–water partition coefficient (Wildman–Crippen LogP) is 1.97. The number of nitrogens with two attached hydrogens (primary N) is 1. The molecule has 0 amide bonds. The first-order chi connectivity index (χ1) is 8.65. The van der Waals surface area contributed by atoms with Crippen LogP contribution in [0.3, 0.4) is 0 Å². The van der Waals surface area contributed by atoms with Gasteiger partial charge in [-0.25, -0.2) is 0 Å². The van der Waals surface area contributed by atoms with Crippen molar-refractivity contribution in [2.24, 2.45) is 5.73 Å². The molecule has 0 radical (unpaired) electrons. The van der Waals surface area contributed by atoms with Crippen LogP contribution in [0.4, 0.5) is 0 Å². The third-order valence-corrected chi connectivity index (χ3v) is 4.06.